The Morgan fingerprint density at radius 1 is 1.00 bits per heavy atom. The Labute approximate surface area is 196 Å². The van der Waals surface area contributed by atoms with E-state index in [1.54, 1.807) is 0 Å². The molecule has 0 saturated carbocycles. The first-order valence-corrected chi connectivity index (χ1v) is 11.2. The molecular weight excluding hydrogens is 446 g/mol. The predicted octanol–water partition coefficient (Wildman–Crippen LogP) is 4.31. The Morgan fingerprint density at radius 3 is 2.12 bits per heavy atom. The summed E-state index contributed by atoms with van der Waals surface area (Å²) in [4.78, 5) is 35.9. The molecule has 2 atom stereocenters. The Bertz CT molecular complexity index is 984. The maximum Gasteiger partial charge on any atom is 0.407 e. The van der Waals surface area contributed by atoms with Gasteiger partial charge in [-0.1, -0.05) is 61.9 Å². The van der Waals surface area contributed by atoms with Crippen molar-refractivity contribution < 1.29 is 33.0 Å². The summed E-state index contributed by atoms with van der Waals surface area (Å²) in [5, 5.41) is 13.8. The normalized spacial score (nSPS) is 14.1. The van der Waals surface area contributed by atoms with Gasteiger partial charge in [-0.25, -0.2) is 18.4 Å². The van der Waals surface area contributed by atoms with Gasteiger partial charge in [0.2, 0.25) is 12.3 Å². The summed E-state index contributed by atoms with van der Waals surface area (Å²) < 4.78 is 30.6. The average Bonchev–Trinajstić information content (AvgIpc) is 3.11. The molecule has 1 unspecified atom stereocenters. The lowest BCUT2D eigenvalue weighted by molar-refractivity contribution is -0.143. The molecule has 182 valence electrons. The van der Waals surface area contributed by atoms with Gasteiger partial charge >= 0.3 is 12.1 Å². The maximum absolute atomic E-state index is 12.6. The van der Waals surface area contributed by atoms with Crippen LogP contribution in [0.15, 0.2) is 48.5 Å². The van der Waals surface area contributed by atoms with Gasteiger partial charge in [0.15, 0.2) is 0 Å². The van der Waals surface area contributed by atoms with Crippen molar-refractivity contribution in [2.75, 3.05) is 6.61 Å². The van der Waals surface area contributed by atoms with Gasteiger partial charge < -0.3 is 20.5 Å². The number of hydrogen-bond donors (Lipinski definition) is 3. The number of carboxylic acid groups (broad SMARTS) is 1. The second-order valence-corrected chi connectivity index (χ2v) is 8.24. The number of carbonyl (C=O) groups excluding carboxylic acids is 2. The summed E-state index contributed by atoms with van der Waals surface area (Å²) in [6.07, 6.45) is -3.72. The minimum Gasteiger partial charge on any atom is -0.480 e. The highest BCUT2D eigenvalue weighted by molar-refractivity contribution is 5.84. The molecule has 0 fully saturated rings. The van der Waals surface area contributed by atoms with Gasteiger partial charge in [0.05, 0.1) is 0 Å². The smallest absolute Gasteiger partial charge is 0.407 e. The van der Waals surface area contributed by atoms with Crippen LogP contribution in [-0.4, -0.2) is 48.2 Å². The fourth-order valence-electron chi connectivity index (χ4n) is 4.26. The number of rotatable bonds is 11. The number of halogens is 2. The number of fused-ring (bicyclic) bond motifs is 3. The van der Waals surface area contributed by atoms with Gasteiger partial charge in [-0.05, 0) is 28.7 Å². The second kappa shape index (κ2) is 11.6. The van der Waals surface area contributed by atoms with Crippen LogP contribution in [-0.2, 0) is 14.3 Å². The fraction of sp³-hybridized carbons (Fsp3) is 0.400. The van der Waals surface area contributed by atoms with E-state index in [0.29, 0.717) is 12.8 Å². The van der Waals surface area contributed by atoms with E-state index in [0.717, 1.165) is 22.3 Å². The quantitative estimate of drug-likeness (QED) is 0.450. The molecule has 34 heavy (non-hydrogen) atoms. The molecule has 0 radical (unpaired) electrons. The molecule has 7 nitrogen and oxygen atoms in total. The number of aliphatic carboxylic acids is 1. The molecule has 2 aromatic rings. The van der Waals surface area contributed by atoms with Gasteiger partial charge in [0, 0.05) is 24.8 Å². The van der Waals surface area contributed by atoms with Crippen molar-refractivity contribution >= 4 is 18.0 Å². The molecular formula is C25H28F2N2O5. The molecule has 9 heteroatoms. The molecule has 1 aliphatic rings. The van der Waals surface area contributed by atoms with Crippen LogP contribution >= 0.6 is 0 Å². The Hall–Kier alpha value is -3.49. The number of ether oxygens (including phenoxy) is 1. The SMILES string of the molecule is CCC[C@@H](CC(=O)NC(CC(F)F)C(=O)O)NC(=O)OCC1c2ccccc2-c2ccccc21. The standard InChI is InChI=1S/C25H28F2N2O5/c1-2-7-15(12-23(30)29-21(24(31)32)13-22(26)27)28-25(33)34-14-20-18-10-5-3-8-16(18)17-9-4-6-11-19(17)20/h3-6,8-11,15,20-22H,2,7,12-14H2,1H3,(H,28,33)(H,29,30)(H,31,32)/t15-,21?/m0/s1. The number of amides is 2. The number of nitrogens with one attached hydrogen (secondary N) is 2. The van der Waals surface area contributed by atoms with E-state index in [1.807, 2.05) is 55.5 Å². The third-order valence-electron chi connectivity index (χ3n) is 5.78. The van der Waals surface area contributed by atoms with E-state index in [1.165, 1.54) is 0 Å². The molecule has 0 heterocycles. The lowest BCUT2D eigenvalue weighted by Gasteiger charge is -2.20. The monoisotopic (exact) mass is 474 g/mol. The van der Waals surface area contributed by atoms with Crippen molar-refractivity contribution in [3.05, 3.63) is 59.7 Å². The predicted molar refractivity (Wildman–Crippen MR) is 122 cm³/mol. The number of alkyl carbamates (subject to hydrolysis) is 1. The first-order chi connectivity index (χ1) is 16.3. The largest absolute Gasteiger partial charge is 0.480 e. The minimum atomic E-state index is -2.87. The van der Waals surface area contributed by atoms with Crippen molar-refractivity contribution in [2.24, 2.45) is 0 Å². The number of benzene rings is 2. The highest BCUT2D eigenvalue weighted by Gasteiger charge is 2.30. The molecule has 0 aliphatic heterocycles. The number of hydrogen-bond acceptors (Lipinski definition) is 4. The Kier molecular flexibility index (Phi) is 8.56. The van der Waals surface area contributed by atoms with Crippen LogP contribution in [0.25, 0.3) is 11.1 Å². The molecule has 0 aromatic heterocycles. The van der Waals surface area contributed by atoms with Gasteiger partial charge in [-0.15, -0.1) is 0 Å². The summed E-state index contributed by atoms with van der Waals surface area (Å²) >= 11 is 0. The van der Waals surface area contributed by atoms with E-state index in [2.05, 4.69) is 10.6 Å². The van der Waals surface area contributed by atoms with Crippen LogP contribution < -0.4 is 10.6 Å². The zero-order valence-electron chi connectivity index (χ0n) is 18.8. The lowest BCUT2D eigenvalue weighted by Crippen LogP contribution is -2.45. The summed E-state index contributed by atoms with van der Waals surface area (Å²) in [7, 11) is 0. The van der Waals surface area contributed by atoms with Crippen LogP contribution in [0.4, 0.5) is 13.6 Å². The van der Waals surface area contributed by atoms with Crippen LogP contribution in [0, 0.1) is 0 Å². The average molecular weight is 475 g/mol. The highest BCUT2D eigenvalue weighted by atomic mass is 19.3. The van der Waals surface area contributed by atoms with Crippen molar-refractivity contribution in [2.45, 2.75) is 57.0 Å². The van der Waals surface area contributed by atoms with Crippen LogP contribution in [0.1, 0.15) is 49.7 Å². The van der Waals surface area contributed by atoms with E-state index >= 15 is 0 Å². The van der Waals surface area contributed by atoms with E-state index in [-0.39, 0.29) is 18.9 Å². The molecule has 3 N–H and O–H groups in total. The number of carbonyl (C=O) groups is 3. The van der Waals surface area contributed by atoms with Crippen molar-refractivity contribution in [1.82, 2.24) is 10.6 Å². The molecule has 0 bridgehead atoms. The molecule has 2 amide bonds. The van der Waals surface area contributed by atoms with E-state index in [4.69, 9.17) is 9.84 Å². The molecule has 3 rings (SSSR count). The Balaban J connectivity index is 1.58. The van der Waals surface area contributed by atoms with Crippen molar-refractivity contribution in [1.29, 1.82) is 0 Å². The lowest BCUT2D eigenvalue weighted by atomic mass is 9.98. The van der Waals surface area contributed by atoms with E-state index < -0.39 is 42.9 Å². The fourth-order valence-corrected chi connectivity index (χ4v) is 4.26. The zero-order valence-corrected chi connectivity index (χ0v) is 18.8. The minimum absolute atomic E-state index is 0.111. The summed E-state index contributed by atoms with van der Waals surface area (Å²) in [6, 6.07) is 13.5. The second-order valence-electron chi connectivity index (χ2n) is 8.24. The first-order valence-electron chi connectivity index (χ1n) is 11.2. The molecule has 1 aliphatic carbocycles. The van der Waals surface area contributed by atoms with Gasteiger partial charge in [-0.2, -0.15) is 0 Å². The number of carboxylic acids is 1. The molecule has 2 aromatic carbocycles. The third-order valence-corrected chi connectivity index (χ3v) is 5.78. The number of alkyl halides is 2. The van der Waals surface area contributed by atoms with Crippen molar-refractivity contribution in [3.63, 3.8) is 0 Å². The van der Waals surface area contributed by atoms with Gasteiger partial charge in [0.25, 0.3) is 0 Å². The van der Waals surface area contributed by atoms with Gasteiger partial charge in [0.1, 0.15) is 12.6 Å². The zero-order chi connectivity index (χ0) is 24.7. The van der Waals surface area contributed by atoms with Crippen molar-refractivity contribution in [3.8, 4) is 11.1 Å². The summed E-state index contributed by atoms with van der Waals surface area (Å²) in [5.74, 6) is -2.38. The maximum atomic E-state index is 12.6. The summed E-state index contributed by atoms with van der Waals surface area (Å²) in [5.41, 5.74) is 4.34. The highest BCUT2D eigenvalue weighted by Crippen LogP contribution is 2.44. The van der Waals surface area contributed by atoms with Gasteiger partial charge in [-0.3, -0.25) is 4.79 Å². The topological polar surface area (TPSA) is 105 Å². The van der Waals surface area contributed by atoms with Crippen LogP contribution in [0.5, 0.6) is 0 Å². The first kappa shape index (κ1) is 25.1. The van der Waals surface area contributed by atoms with E-state index in [9.17, 15) is 23.2 Å². The Morgan fingerprint density at radius 2 is 1.59 bits per heavy atom. The molecule has 0 spiro atoms. The third kappa shape index (κ3) is 6.30. The molecule has 0 saturated heterocycles. The van der Waals surface area contributed by atoms with Crippen LogP contribution in [0.2, 0.25) is 0 Å². The summed E-state index contributed by atoms with van der Waals surface area (Å²) in [6.45, 7) is 1.97. The van der Waals surface area contributed by atoms with Crippen LogP contribution in [0.3, 0.4) is 0 Å².